The van der Waals surface area contributed by atoms with Crippen molar-refractivity contribution in [2.24, 2.45) is 5.41 Å². The van der Waals surface area contributed by atoms with Gasteiger partial charge in [0.2, 0.25) is 0 Å². The van der Waals surface area contributed by atoms with Crippen LogP contribution in [0.2, 0.25) is 5.02 Å². The number of aliphatic carboxylic acids is 1. The number of carbonyl (C=O) groups is 2. The van der Waals surface area contributed by atoms with Crippen molar-refractivity contribution in [2.75, 3.05) is 6.61 Å². The summed E-state index contributed by atoms with van der Waals surface area (Å²) in [6, 6.07) is 7.54. The molecule has 2 bridgehead atoms. The number of carboxylic acids is 1. The number of halogens is 1. The van der Waals surface area contributed by atoms with Crippen LogP contribution in [0.4, 0.5) is 0 Å². The second-order valence-corrected chi connectivity index (χ2v) is 7.07. The Balaban J connectivity index is 1.61. The molecule has 2 N–H and O–H groups in total. The van der Waals surface area contributed by atoms with Crippen LogP contribution >= 0.6 is 11.6 Å². The number of carbonyl (C=O) groups excluding carboxylic acids is 1. The van der Waals surface area contributed by atoms with Crippen LogP contribution < -0.4 is 5.32 Å². The Kier molecular flexibility index (Phi) is 4.10. The quantitative estimate of drug-likeness (QED) is 0.836. The smallest absolute Gasteiger partial charge is 0.312 e. The molecule has 6 heteroatoms. The van der Waals surface area contributed by atoms with E-state index in [9.17, 15) is 14.7 Å². The zero-order valence-corrected chi connectivity index (χ0v) is 13.7. The zero-order chi connectivity index (χ0) is 16.7. The first-order valence-corrected chi connectivity index (χ1v) is 8.20. The summed E-state index contributed by atoms with van der Waals surface area (Å²) in [6.07, 6.45) is 2.05. The van der Waals surface area contributed by atoms with Gasteiger partial charge < -0.3 is 15.2 Å². The van der Waals surface area contributed by atoms with E-state index < -0.39 is 17.0 Å². The van der Waals surface area contributed by atoms with Crippen molar-refractivity contribution in [2.45, 2.75) is 44.2 Å². The number of hydrogen-bond acceptors (Lipinski definition) is 3. The monoisotopic (exact) mass is 337 g/mol. The number of fused-ring (bicyclic) bond motifs is 1. The van der Waals surface area contributed by atoms with Crippen molar-refractivity contribution in [3.05, 3.63) is 34.9 Å². The van der Waals surface area contributed by atoms with Gasteiger partial charge in [-0.25, -0.2) is 0 Å². The number of carboxylic acid groups (broad SMARTS) is 1. The highest BCUT2D eigenvalue weighted by atomic mass is 35.5. The summed E-state index contributed by atoms with van der Waals surface area (Å²) in [5, 5.41) is 12.9. The first kappa shape index (κ1) is 16.3. The molecule has 1 aromatic rings. The lowest BCUT2D eigenvalue weighted by molar-refractivity contribution is -0.158. The summed E-state index contributed by atoms with van der Waals surface area (Å²) in [6.45, 7) is 2.14. The van der Waals surface area contributed by atoms with Crippen molar-refractivity contribution in [3.8, 4) is 0 Å². The van der Waals surface area contributed by atoms with Crippen molar-refractivity contribution in [1.82, 2.24) is 5.32 Å². The van der Waals surface area contributed by atoms with Crippen molar-refractivity contribution < 1.29 is 19.4 Å². The number of ether oxygens (including phenoxy) is 1. The molecule has 3 aliphatic rings. The van der Waals surface area contributed by atoms with Gasteiger partial charge in [-0.3, -0.25) is 9.59 Å². The summed E-state index contributed by atoms with van der Waals surface area (Å²) in [5.41, 5.74) is -0.694. The van der Waals surface area contributed by atoms with Crippen molar-refractivity contribution in [1.29, 1.82) is 0 Å². The fraction of sp³-hybridized carbons (Fsp3) is 0.529. The van der Waals surface area contributed by atoms with Crippen LogP contribution in [-0.2, 0) is 20.7 Å². The largest absolute Gasteiger partial charge is 0.481 e. The lowest BCUT2D eigenvalue weighted by Crippen LogP contribution is -2.58. The predicted octanol–water partition coefficient (Wildman–Crippen LogP) is 2.41. The minimum atomic E-state index is -0.939. The van der Waals surface area contributed by atoms with Crippen molar-refractivity contribution >= 4 is 23.5 Å². The molecule has 1 amide bonds. The van der Waals surface area contributed by atoms with E-state index in [4.69, 9.17) is 16.3 Å². The molecule has 23 heavy (non-hydrogen) atoms. The standard InChI is InChI=1S/C17H20ClNO4/c1-2-13(7-11-3-5-12(18)6-4-11)19-14(20)17-8-16(9-17,10-23-17)15(21)22/h3-6,13H,2,7-10H2,1H3,(H,19,20)(H,21,22). The van der Waals surface area contributed by atoms with Crippen LogP contribution in [0.1, 0.15) is 31.7 Å². The van der Waals surface area contributed by atoms with Gasteiger partial charge in [0.25, 0.3) is 5.91 Å². The van der Waals surface area contributed by atoms with Gasteiger partial charge in [0.1, 0.15) is 5.60 Å². The van der Waals surface area contributed by atoms with Crippen LogP contribution in [0.3, 0.4) is 0 Å². The minimum absolute atomic E-state index is 0.0120. The highest BCUT2D eigenvalue weighted by molar-refractivity contribution is 6.30. The molecule has 0 spiro atoms. The minimum Gasteiger partial charge on any atom is -0.481 e. The highest BCUT2D eigenvalue weighted by Crippen LogP contribution is 2.58. The Morgan fingerprint density at radius 1 is 1.35 bits per heavy atom. The average molecular weight is 338 g/mol. The molecular formula is C17H20ClNO4. The maximum absolute atomic E-state index is 12.5. The molecule has 4 rings (SSSR count). The van der Waals surface area contributed by atoms with Gasteiger partial charge >= 0.3 is 5.97 Å². The van der Waals surface area contributed by atoms with E-state index in [0.29, 0.717) is 11.4 Å². The second-order valence-electron chi connectivity index (χ2n) is 6.63. The Bertz CT molecular complexity index is 622. The molecule has 2 heterocycles. The highest BCUT2D eigenvalue weighted by Gasteiger charge is 2.70. The molecule has 1 atom stereocenters. The van der Waals surface area contributed by atoms with Crippen LogP contribution in [-0.4, -0.2) is 35.2 Å². The third-order valence-corrected chi connectivity index (χ3v) is 5.22. The summed E-state index contributed by atoms with van der Waals surface area (Å²) >= 11 is 5.88. The maximum atomic E-state index is 12.5. The Morgan fingerprint density at radius 3 is 2.52 bits per heavy atom. The van der Waals surface area contributed by atoms with Gasteiger partial charge in [-0.2, -0.15) is 0 Å². The first-order valence-electron chi connectivity index (χ1n) is 7.82. The van der Waals surface area contributed by atoms with E-state index in [1.165, 1.54) is 0 Å². The van der Waals surface area contributed by atoms with Gasteiger partial charge in [0, 0.05) is 23.9 Å². The third kappa shape index (κ3) is 2.83. The van der Waals surface area contributed by atoms with Gasteiger partial charge in [-0.1, -0.05) is 30.7 Å². The SMILES string of the molecule is CCC(Cc1ccc(Cl)cc1)NC(=O)C12CC(C(=O)O)(CO1)C2. The lowest BCUT2D eigenvalue weighted by atomic mass is 9.62. The molecule has 5 nitrogen and oxygen atoms in total. The summed E-state index contributed by atoms with van der Waals surface area (Å²) in [7, 11) is 0. The normalized spacial score (nSPS) is 29.7. The molecule has 1 unspecified atom stereocenters. The molecule has 124 valence electrons. The van der Waals surface area contributed by atoms with Crippen LogP contribution in [0.25, 0.3) is 0 Å². The zero-order valence-electron chi connectivity index (χ0n) is 13.0. The fourth-order valence-corrected chi connectivity index (χ4v) is 3.61. The second kappa shape index (κ2) is 5.80. The van der Waals surface area contributed by atoms with E-state index in [2.05, 4.69) is 5.32 Å². The maximum Gasteiger partial charge on any atom is 0.312 e. The molecule has 2 aliphatic heterocycles. The van der Waals surface area contributed by atoms with E-state index in [1.54, 1.807) is 0 Å². The number of rotatable bonds is 6. The van der Waals surface area contributed by atoms with Crippen molar-refractivity contribution in [3.63, 3.8) is 0 Å². The van der Waals surface area contributed by atoms with E-state index in [-0.39, 0.29) is 31.4 Å². The molecule has 1 saturated carbocycles. The van der Waals surface area contributed by atoms with Gasteiger partial charge in [-0.05, 0) is 30.5 Å². The third-order valence-electron chi connectivity index (χ3n) is 4.96. The number of hydrogen-bond donors (Lipinski definition) is 2. The molecule has 1 aromatic carbocycles. The molecule has 0 radical (unpaired) electrons. The topological polar surface area (TPSA) is 75.6 Å². The molecule has 2 saturated heterocycles. The molecule has 3 fully saturated rings. The summed E-state index contributed by atoms with van der Waals surface area (Å²) in [5.74, 6) is -1.06. The number of benzene rings is 1. The molecular weight excluding hydrogens is 318 g/mol. The van der Waals surface area contributed by atoms with Crippen LogP contribution in [0.15, 0.2) is 24.3 Å². The fourth-order valence-electron chi connectivity index (χ4n) is 3.48. The summed E-state index contributed by atoms with van der Waals surface area (Å²) in [4.78, 5) is 23.8. The van der Waals surface area contributed by atoms with Gasteiger partial charge in [0.15, 0.2) is 0 Å². The first-order chi connectivity index (χ1) is 10.9. The van der Waals surface area contributed by atoms with E-state index in [0.717, 1.165) is 12.0 Å². The Labute approximate surface area is 140 Å². The number of amides is 1. The molecule has 1 aliphatic carbocycles. The summed E-state index contributed by atoms with van der Waals surface area (Å²) < 4.78 is 5.54. The van der Waals surface area contributed by atoms with Gasteiger partial charge in [-0.15, -0.1) is 0 Å². The molecule has 0 aromatic heterocycles. The lowest BCUT2D eigenvalue weighted by Gasteiger charge is -2.40. The Hall–Kier alpha value is -1.59. The number of nitrogens with one attached hydrogen (secondary N) is 1. The Morgan fingerprint density at radius 2 is 2.00 bits per heavy atom. The van der Waals surface area contributed by atoms with Gasteiger partial charge in [0.05, 0.1) is 12.0 Å². The van der Waals surface area contributed by atoms with E-state index >= 15 is 0 Å². The van der Waals surface area contributed by atoms with Crippen LogP contribution in [0.5, 0.6) is 0 Å². The predicted molar refractivity (Wildman–Crippen MR) is 85.4 cm³/mol. The van der Waals surface area contributed by atoms with E-state index in [1.807, 2.05) is 31.2 Å². The average Bonchev–Trinajstić information content (AvgIpc) is 3.06. The van der Waals surface area contributed by atoms with Crippen LogP contribution in [0, 0.1) is 5.41 Å².